The molecule has 1 fully saturated rings. The molecule has 2 heterocycles. The molecule has 1 N–H and O–H groups in total. The topological polar surface area (TPSA) is 28.4 Å². The molecule has 15 heavy (non-hydrogen) atoms. The van der Waals surface area contributed by atoms with E-state index in [2.05, 4.69) is 17.3 Å². The number of hydrogen-bond donors (Lipinski definition) is 1. The Kier molecular flexibility index (Phi) is 3.44. The number of nitrogens with one attached hydrogen (secondary N) is 1. The number of rotatable bonds is 4. The molecule has 3 heteroatoms. The van der Waals surface area contributed by atoms with E-state index in [1.165, 1.54) is 19.5 Å². The average Bonchev–Trinajstić information content (AvgIpc) is 2.76. The van der Waals surface area contributed by atoms with Gasteiger partial charge in [0.2, 0.25) is 0 Å². The minimum Gasteiger partial charge on any atom is -0.465 e. The number of furan rings is 1. The first-order valence-electron chi connectivity index (χ1n) is 5.68. The van der Waals surface area contributed by atoms with Crippen LogP contribution in [0.25, 0.3) is 0 Å². The number of nitrogens with zero attached hydrogens (tertiary/aromatic N) is 1. The van der Waals surface area contributed by atoms with E-state index in [0.29, 0.717) is 0 Å². The molecule has 0 spiro atoms. The Bertz CT molecular complexity index is 308. The first-order valence-corrected chi connectivity index (χ1v) is 5.68. The summed E-state index contributed by atoms with van der Waals surface area (Å²) in [5, 5.41) is 3.46. The Morgan fingerprint density at radius 2 is 2.40 bits per heavy atom. The summed E-state index contributed by atoms with van der Waals surface area (Å²) < 4.78 is 5.50. The van der Waals surface area contributed by atoms with E-state index >= 15 is 0 Å². The van der Waals surface area contributed by atoms with Gasteiger partial charge in [-0.25, -0.2) is 0 Å². The van der Waals surface area contributed by atoms with Crippen LogP contribution in [0.2, 0.25) is 0 Å². The predicted octanol–water partition coefficient (Wildman–Crippen LogP) is 1.63. The lowest BCUT2D eigenvalue weighted by Crippen LogP contribution is -2.24. The monoisotopic (exact) mass is 208 g/mol. The maximum atomic E-state index is 5.50. The number of hydrogen-bond acceptors (Lipinski definition) is 3. The van der Waals surface area contributed by atoms with E-state index in [-0.39, 0.29) is 0 Å². The van der Waals surface area contributed by atoms with Gasteiger partial charge in [-0.15, -0.1) is 0 Å². The fourth-order valence-corrected chi connectivity index (χ4v) is 2.17. The molecule has 2 rings (SSSR count). The van der Waals surface area contributed by atoms with E-state index < -0.39 is 0 Å². The third-order valence-corrected chi connectivity index (χ3v) is 3.02. The van der Waals surface area contributed by atoms with E-state index in [9.17, 15) is 0 Å². The lowest BCUT2D eigenvalue weighted by molar-refractivity contribution is 0.383. The zero-order valence-electron chi connectivity index (χ0n) is 9.62. The lowest BCUT2D eigenvalue weighted by Gasteiger charge is -2.10. The smallest absolute Gasteiger partial charge is 0.117 e. The molecule has 0 bridgehead atoms. The van der Waals surface area contributed by atoms with Crippen molar-refractivity contribution in [3.8, 4) is 0 Å². The second kappa shape index (κ2) is 4.81. The van der Waals surface area contributed by atoms with Gasteiger partial charge in [0, 0.05) is 6.54 Å². The zero-order valence-corrected chi connectivity index (χ0v) is 9.62. The fourth-order valence-electron chi connectivity index (χ4n) is 2.17. The van der Waals surface area contributed by atoms with Gasteiger partial charge in [-0.2, -0.15) is 0 Å². The molecular weight excluding hydrogens is 188 g/mol. The van der Waals surface area contributed by atoms with Crippen molar-refractivity contribution in [2.75, 3.05) is 26.7 Å². The van der Waals surface area contributed by atoms with Crippen LogP contribution in [0.3, 0.4) is 0 Å². The van der Waals surface area contributed by atoms with Gasteiger partial charge in [0.15, 0.2) is 0 Å². The van der Waals surface area contributed by atoms with Gasteiger partial charge in [-0.3, -0.25) is 0 Å². The van der Waals surface area contributed by atoms with Crippen LogP contribution in [0.5, 0.6) is 0 Å². The Morgan fingerprint density at radius 1 is 1.53 bits per heavy atom. The van der Waals surface area contributed by atoms with Gasteiger partial charge in [-0.1, -0.05) is 0 Å². The number of aryl methyl sites for hydroxylation is 1. The Hall–Kier alpha value is -0.800. The SMILES string of the molecule is Cc1ccc(CNCC2CCN(C)C2)o1. The first kappa shape index (κ1) is 10.7. The summed E-state index contributed by atoms with van der Waals surface area (Å²) in [5.41, 5.74) is 0. The van der Waals surface area contributed by atoms with Crippen LogP contribution in [0.4, 0.5) is 0 Å². The molecule has 1 saturated heterocycles. The van der Waals surface area contributed by atoms with Gasteiger partial charge in [0.1, 0.15) is 11.5 Å². The molecule has 0 radical (unpaired) electrons. The summed E-state index contributed by atoms with van der Waals surface area (Å²) in [6.07, 6.45) is 1.32. The summed E-state index contributed by atoms with van der Waals surface area (Å²) in [4.78, 5) is 2.39. The molecule has 0 aliphatic carbocycles. The predicted molar refractivity (Wildman–Crippen MR) is 60.8 cm³/mol. The van der Waals surface area contributed by atoms with Crippen LogP contribution in [-0.2, 0) is 6.54 Å². The third-order valence-electron chi connectivity index (χ3n) is 3.02. The highest BCUT2D eigenvalue weighted by atomic mass is 16.3. The second-order valence-electron chi connectivity index (χ2n) is 4.56. The molecule has 0 amide bonds. The minimum atomic E-state index is 0.811. The molecular formula is C12H20N2O. The van der Waals surface area contributed by atoms with Gasteiger partial charge in [-0.05, 0) is 51.5 Å². The molecule has 0 aromatic carbocycles. The molecule has 3 nitrogen and oxygen atoms in total. The normalized spacial score (nSPS) is 22.4. The minimum absolute atomic E-state index is 0.811. The van der Waals surface area contributed by atoms with Crippen LogP contribution >= 0.6 is 0 Å². The summed E-state index contributed by atoms with van der Waals surface area (Å²) in [5.74, 6) is 2.84. The van der Waals surface area contributed by atoms with Gasteiger partial charge < -0.3 is 14.6 Å². The molecule has 1 unspecified atom stereocenters. The van der Waals surface area contributed by atoms with Crippen molar-refractivity contribution < 1.29 is 4.42 Å². The molecule has 1 aromatic rings. The van der Waals surface area contributed by atoms with E-state index in [1.54, 1.807) is 0 Å². The molecule has 1 atom stereocenters. The lowest BCUT2D eigenvalue weighted by atomic mass is 10.1. The van der Waals surface area contributed by atoms with Gasteiger partial charge in [0.05, 0.1) is 6.54 Å². The van der Waals surface area contributed by atoms with Crippen LogP contribution in [0, 0.1) is 12.8 Å². The summed E-state index contributed by atoms with van der Waals surface area (Å²) in [6, 6.07) is 4.06. The Morgan fingerprint density at radius 3 is 3.00 bits per heavy atom. The standard InChI is InChI=1S/C12H20N2O/c1-10-3-4-12(15-10)8-13-7-11-5-6-14(2)9-11/h3-4,11,13H,5-9H2,1-2H3. The fraction of sp³-hybridized carbons (Fsp3) is 0.667. The molecule has 1 aromatic heterocycles. The van der Waals surface area contributed by atoms with Gasteiger partial charge in [0.25, 0.3) is 0 Å². The van der Waals surface area contributed by atoms with Crippen molar-refractivity contribution in [3.05, 3.63) is 23.7 Å². The molecule has 0 saturated carbocycles. The zero-order chi connectivity index (χ0) is 10.7. The summed E-state index contributed by atoms with van der Waals surface area (Å²) in [6.45, 7) is 6.41. The Labute approximate surface area is 91.4 Å². The van der Waals surface area contributed by atoms with Crippen LogP contribution in [0.15, 0.2) is 16.5 Å². The van der Waals surface area contributed by atoms with Crippen LogP contribution in [-0.4, -0.2) is 31.6 Å². The average molecular weight is 208 g/mol. The Balaban J connectivity index is 1.67. The molecule has 1 aliphatic heterocycles. The maximum Gasteiger partial charge on any atom is 0.117 e. The van der Waals surface area contributed by atoms with Crippen LogP contribution in [0.1, 0.15) is 17.9 Å². The van der Waals surface area contributed by atoms with Gasteiger partial charge >= 0.3 is 0 Å². The number of likely N-dealkylation sites (tertiary alicyclic amines) is 1. The van der Waals surface area contributed by atoms with Crippen LogP contribution < -0.4 is 5.32 Å². The summed E-state index contributed by atoms with van der Waals surface area (Å²) >= 11 is 0. The first-order chi connectivity index (χ1) is 7.24. The highest BCUT2D eigenvalue weighted by Crippen LogP contribution is 2.13. The van der Waals surface area contributed by atoms with Crippen molar-refractivity contribution >= 4 is 0 Å². The highest BCUT2D eigenvalue weighted by Gasteiger charge is 2.18. The molecule has 84 valence electrons. The second-order valence-corrected chi connectivity index (χ2v) is 4.56. The van der Waals surface area contributed by atoms with Crippen molar-refractivity contribution in [2.45, 2.75) is 19.9 Å². The summed E-state index contributed by atoms with van der Waals surface area (Å²) in [7, 11) is 2.19. The van der Waals surface area contributed by atoms with E-state index in [4.69, 9.17) is 4.42 Å². The largest absolute Gasteiger partial charge is 0.465 e. The third kappa shape index (κ3) is 3.08. The highest BCUT2D eigenvalue weighted by molar-refractivity contribution is 5.05. The quantitative estimate of drug-likeness (QED) is 0.815. The van der Waals surface area contributed by atoms with Crippen molar-refractivity contribution in [1.82, 2.24) is 10.2 Å². The van der Waals surface area contributed by atoms with E-state index in [1.807, 2.05) is 19.1 Å². The van der Waals surface area contributed by atoms with Crippen molar-refractivity contribution in [3.63, 3.8) is 0 Å². The van der Waals surface area contributed by atoms with E-state index in [0.717, 1.165) is 30.5 Å². The molecule has 1 aliphatic rings. The van der Waals surface area contributed by atoms with Crippen molar-refractivity contribution in [2.24, 2.45) is 5.92 Å². The van der Waals surface area contributed by atoms with Crippen molar-refractivity contribution in [1.29, 1.82) is 0 Å². The maximum absolute atomic E-state index is 5.50.